The van der Waals surface area contributed by atoms with Crippen LogP contribution in [0.4, 0.5) is 5.69 Å². The molecule has 2 aromatic rings. The summed E-state index contributed by atoms with van der Waals surface area (Å²) in [6.45, 7) is 3.59. The highest BCUT2D eigenvalue weighted by atomic mass is 16.1. The summed E-state index contributed by atoms with van der Waals surface area (Å²) in [5.74, 6) is 0.0159. The maximum absolute atomic E-state index is 12.5. The van der Waals surface area contributed by atoms with Gasteiger partial charge in [-0.2, -0.15) is 0 Å². The van der Waals surface area contributed by atoms with E-state index in [1.54, 1.807) is 0 Å². The maximum Gasteiger partial charge on any atom is 0.251 e. The van der Waals surface area contributed by atoms with E-state index in [9.17, 15) is 4.79 Å². The molecule has 142 valence electrons. The monoisotopic (exact) mass is 362 g/mol. The quantitative estimate of drug-likeness (QED) is 0.610. The topological polar surface area (TPSA) is 41.1 Å². The lowest BCUT2D eigenvalue weighted by molar-refractivity contribution is 0.0954. The maximum atomic E-state index is 12.5. The second-order valence-corrected chi connectivity index (χ2v) is 7.18. The number of hydrogen-bond acceptors (Lipinski definition) is 2. The predicted octanol–water partition coefficient (Wildman–Crippen LogP) is 5.48. The van der Waals surface area contributed by atoms with Crippen molar-refractivity contribution in [3.8, 4) is 0 Å². The van der Waals surface area contributed by atoms with Crippen molar-refractivity contribution in [1.29, 1.82) is 0 Å². The zero-order valence-corrected chi connectivity index (χ0v) is 16.3. The van der Waals surface area contributed by atoms with Crippen LogP contribution >= 0.6 is 0 Å². The second kappa shape index (κ2) is 9.96. The first kappa shape index (κ1) is 19.2. The van der Waals surface area contributed by atoms with Crippen LogP contribution in [0, 0.1) is 0 Å². The molecule has 0 aliphatic heterocycles. The zero-order chi connectivity index (χ0) is 18.9. The highest BCUT2D eigenvalue weighted by molar-refractivity contribution is 5.94. The Kier molecular flexibility index (Phi) is 7.09. The third-order valence-electron chi connectivity index (χ3n) is 5.19. The Morgan fingerprint density at radius 2 is 1.96 bits per heavy atom. The lowest BCUT2D eigenvalue weighted by Crippen LogP contribution is -2.25. The summed E-state index contributed by atoms with van der Waals surface area (Å²) in [6.07, 6.45) is 9.30. The summed E-state index contributed by atoms with van der Waals surface area (Å²) >= 11 is 0. The van der Waals surface area contributed by atoms with Crippen molar-refractivity contribution in [2.75, 3.05) is 11.9 Å². The fraction of sp³-hybridized carbons (Fsp3) is 0.375. The van der Waals surface area contributed by atoms with Crippen molar-refractivity contribution in [2.24, 2.45) is 0 Å². The van der Waals surface area contributed by atoms with Crippen molar-refractivity contribution in [3.05, 3.63) is 76.9 Å². The van der Waals surface area contributed by atoms with Gasteiger partial charge in [0, 0.05) is 24.3 Å². The van der Waals surface area contributed by atoms with Crippen LogP contribution in [-0.2, 0) is 13.0 Å². The predicted molar refractivity (Wildman–Crippen MR) is 113 cm³/mol. The SMILES string of the molecule is CCc1ccccc1NCc1cccc(C(=O)NCCC2=CCCCC2)c1. The summed E-state index contributed by atoms with van der Waals surface area (Å²) in [6, 6.07) is 16.3. The van der Waals surface area contributed by atoms with E-state index in [4.69, 9.17) is 0 Å². The van der Waals surface area contributed by atoms with E-state index in [1.165, 1.54) is 36.8 Å². The standard InChI is InChI=1S/C24H30N2O/c1-2-21-12-6-7-14-23(21)26-18-20-11-8-13-22(17-20)24(27)25-16-15-19-9-4-3-5-10-19/h6-9,11-14,17,26H,2-5,10,15-16,18H2,1H3,(H,25,27). The molecular weight excluding hydrogens is 332 g/mol. The fourth-order valence-corrected chi connectivity index (χ4v) is 3.59. The average molecular weight is 363 g/mol. The molecule has 2 N–H and O–H groups in total. The normalized spacial score (nSPS) is 13.7. The average Bonchev–Trinajstić information content (AvgIpc) is 2.73. The summed E-state index contributed by atoms with van der Waals surface area (Å²) in [5.41, 5.74) is 5.81. The Morgan fingerprint density at radius 1 is 1.07 bits per heavy atom. The Labute approximate surface area is 162 Å². The molecule has 0 radical (unpaired) electrons. The van der Waals surface area contributed by atoms with Crippen LogP contribution in [0.3, 0.4) is 0 Å². The highest BCUT2D eigenvalue weighted by Gasteiger charge is 2.08. The summed E-state index contributed by atoms with van der Waals surface area (Å²) in [4.78, 5) is 12.5. The van der Waals surface area contributed by atoms with Crippen LogP contribution < -0.4 is 10.6 Å². The van der Waals surface area contributed by atoms with Crippen LogP contribution in [0.5, 0.6) is 0 Å². The molecule has 2 aromatic carbocycles. The second-order valence-electron chi connectivity index (χ2n) is 7.18. The molecule has 3 nitrogen and oxygen atoms in total. The third kappa shape index (κ3) is 5.72. The van der Waals surface area contributed by atoms with Crippen LogP contribution in [0.25, 0.3) is 0 Å². The molecule has 0 aromatic heterocycles. The molecule has 0 saturated heterocycles. The number of anilines is 1. The first-order chi connectivity index (χ1) is 13.3. The van der Waals surface area contributed by atoms with E-state index in [0.717, 1.165) is 36.2 Å². The molecule has 0 unspecified atom stereocenters. The number of nitrogens with one attached hydrogen (secondary N) is 2. The first-order valence-corrected chi connectivity index (χ1v) is 10.1. The van der Waals surface area contributed by atoms with Crippen LogP contribution in [0.1, 0.15) is 60.5 Å². The van der Waals surface area contributed by atoms with Crippen LogP contribution in [0.2, 0.25) is 0 Å². The van der Waals surface area contributed by atoms with Gasteiger partial charge in [-0.3, -0.25) is 4.79 Å². The van der Waals surface area contributed by atoms with E-state index >= 15 is 0 Å². The van der Waals surface area contributed by atoms with Gasteiger partial charge in [0.1, 0.15) is 0 Å². The number of benzene rings is 2. The summed E-state index contributed by atoms with van der Waals surface area (Å²) in [7, 11) is 0. The smallest absolute Gasteiger partial charge is 0.251 e. The minimum atomic E-state index is 0.0159. The third-order valence-corrected chi connectivity index (χ3v) is 5.19. The molecule has 27 heavy (non-hydrogen) atoms. The van der Waals surface area contributed by atoms with Gasteiger partial charge in [0.25, 0.3) is 5.91 Å². The van der Waals surface area contributed by atoms with Crippen molar-refractivity contribution in [3.63, 3.8) is 0 Å². The van der Waals surface area contributed by atoms with Gasteiger partial charge in [-0.05, 0) is 67.9 Å². The van der Waals surface area contributed by atoms with Crippen molar-refractivity contribution >= 4 is 11.6 Å². The molecule has 0 heterocycles. The molecule has 3 rings (SSSR count). The van der Waals surface area contributed by atoms with Gasteiger partial charge in [0.2, 0.25) is 0 Å². The zero-order valence-electron chi connectivity index (χ0n) is 16.3. The van der Waals surface area contributed by atoms with E-state index < -0.39 is 0 Å². The molecule has 0 fully saturated rings. The number of hydrogen-bond donors (Lipinski definition) is 2. The van der Waals surface area contributed by atoms with E-state index in [2.05, 4.69) is 47.9 Å². The van der Waals surface area contributed by atoms with Gasteiger partial charge in [0.15, 0.2) is 0 Å². The Balaban J connectivity index is 1.53. The minimum absolute atomic E-state index is 0.0159. The molecule has 0 spiro atoms. The van der Waals surface area contributed by atoms with Crippen LogP contribution in [-0.4, -0.2) is 12.5 Å². The van der Waals surface area contributed by atoms with E-state index in [-0.39, 0.29) is 5.91 Å². The molecule has 0 saturated carbocycles. The molecular formula is C24H30N2O. The molecule has 0 bridgehead atoms. The number of amides is 1. The van der Waals surface area contributed by atoms with Gasteiger partial charge in [-0.15, -0.1) is 0 Å². The number of allylic oxidation sites excluding steroid dienone is 1. The Bertz CT molecular complexity index is 794. The summed E-state index contributed by atoms with van der Waals surface area (Å²) < 4.78 is 0. The van der Waals surface area contributed by atoms with Crippen molar-refractivity contribution in [1.82, 2.24) is 5.32 Å². The minimum Gasteiger partial charge on any atom is -0.381 e. The van der Waals surface area contributed by atoms with Gasteiger partial charge in [0.05, 0.1) is 0 Å². The van der Waals surface area contributed by atoms with Crippen molar-refractivity contribution in [2.45, 2.75) is 52.0 Å². The lowest BCUT2D eigenvalue weighted by atomic mass is 9.97. The Hall–Kier alpha value is -2.55. The number of carbonyl (C=O) groups is 1. The lowest BCUT2D eigenvalue weighted by Gasteiger charge is -2.13. The molecule has 3 heteroatoms. The van der Waals surface area contributed by atoms with Gasteiger partial charge in [-0.25, -0.2) is 0 Å². The molecule has 1 amide bonds. The fourth-order valence-electron chi connectivity index (χ4n) is 3.59. The number of carbonyl (C=O) groups excluding carboxylic acids is 1. The molecule has 0 atom stereocenters. The summed E-state index contributed by atoms with van der Waals surface area (Å²) in [5, 5.41) is 6.56. The number of aryl methyl sites for hydroxylation is 1. The van der Waals surface area contributed by atoms with Gasteiger partial charge < -0.3 is 10.6 Å². The number of para-hydroxylation sites is 1. The van der Waals surface area contributed by atoms with Gasteiger partial charge >= 0.3 is 0 Å². The largest absolute Gasteiger partial charge is 0.381 e. The van der Waals surface area contributed by atoms with Gasteiger partial charge in [-0.1, -0.05) is 48.9 Å². The highest BCUT2D eigenvalue weighted by Crippen LogP contribution is 2.19. The van der Waals surface area contributed by atoms with E-state index in [0.29, 0.717) is 6.54 Å². The Morgan fingerprint density at radius 3 is 2.78 bits per heavy atom. The molecule has 1 aliphatic carbocycles. The number of rotatable bonds is 8. The van der Waals surface area contributed by atoms with Crippen molar-refractivity contribution < 1.29 is 4.79 Å². The van der Waals surface area contributed by atoms with E-state index in [1.807, 2.05) is 24.3 Å². The van der Waals surface area contributed by atoms with Crippen LogP contribution in [0.15, 0.2) is 60.2 Å². The first-order valence-electron chi connectivity index (χ1n) is 10.1. The molecule has 1 aliphatic rings.